The van der Waals surface area contributed by atoms with Crippen LogP contribution in [-0.4, -0.2) is 4.57 Å². The third-order valence-electron chi connectivity index (χ3n) is 12.0. The third kappa shape index (κ3) is 5.22. The quantitative estimate of drug-likeness (QED) is 0.164. The fraction of sp³-hybridized carbons (Fsp3) is 0.0980. The fourth-order valence-corrected chi connectivity index (χ4v) is 9.38. The normalized spacial score (nSPS) is 18.3. The van der Waals surface area contributed by atoms with Crippen molar-refractivity contribution < 1.29 is 8.83 Å². The minimum atomic E-state index is -0.155. The first-order valence-corrected chi connectivity index (χ1v) is 19.8. The molecule has 7 aromatic carbocycles. The minimum Gasteiger partial charge on any atom is -0.456 e. The van der Waals surface area contributed by atoms with Crippen molar-refractivity contribution in [3.63, 3.8) is 0 Å². The SMILES string of the molecule is C1=Cc2c(n(-c3ccc4oc5cc(-c6cccc7c6oc6cccc(C8NC(c9ccccc9)NC(c9ccccc9)N8)c67)ccc5c4c3)c3ccccc23)CC1. The molecule has 10 aromatic rings. The molecule has 1 fully saturated rings. The first kappa shape index (κ1) is 32.5. The van der Waals surface area contributed by atoms with Gasteiger partial charge in [-0.05, 0) is 77.6 Å². The Hall–Kier alpha value is -6.70. The van der Waals surface area contributed by atoms with Gasteiger partial charge in [0, 0.05) is 49.4 Å². The second-order valence-corrected chi connectivity index (χ2v) is 15.3. The van der Waals surface area contributed by atoms with Gasteiger partial charge < -0.3 is 13.4 Å². The highest BCUT2D eigenvalue weighted by molar-refractivity contribution is 6.12. The molecule has 1 saturated heterocycles. The Labute approximate surface area is 329 Å². The Kier molecular flexibility index (Phi) is 7.38. The molecule has 1 aliphatic heterocycles. The molecule has 0 bridgehead atoms. The smallest absolute Gasteiger partial charge is 0.143 e. The van der Waals surface area contributed by atoms with E-state index in [1.54, 1.807) is 0 Å². The van der Waals surface area contributed by atoms with Gasteiger partial charge in [-0.3, -0.25) is 16.0 Å². The van der Waals surface area contributed by atoms with Crippen LogP contribution in [0, 0.1) is 0 Å². The number of nitrogens with one attached hydrogen (secondary N) is 3. The van der Waals surface area contributed by atoms with Crippen molar-refractivity contribution >= 4 is 60.9 Å². The number of aromatic nitrogens is 1. The molecular weight excluding hydrogens is 701 g/mol. The van der Waals surface area contributed by atoms with Crippen molar-refractivity contribution in [2.45, 2.75) is 31.3 Å². The Balaban J connectivity index is 0.948. The highest BCUT2D eigenvalue weighted by Crippen LogP contribution is 2.42. The van der Waals surface area contributed by atoms with Crippen LogP contribution in [0.5, 0.6) is 0 Å². The van der Waals surface area contributed by atoms with E-state index in [1.165, 1.54) is 33.3 Å². The van der Waals surface area contributed by atoms with Crippen LogP contribution in [0.4, 0.5) is 0 Å². The molecule has 2 atom stereocenters. The zero-order valence-corrected chi connectivity index (χ0v) is 31.1. The lowest BCUT2D eigenvalue weighted by Gasteiger charge is -2.39. The van der Waals surface area contributed by atoms with Crippen LogP contribution in [0.2, 0.25) is 0 Å². The molecule has 0 spiro atoms. The molecule has 6 heteroatoms. The number of para-hydroxylation sites is 2. The Morgan fingerprint density at radius 3 is 2.09 bits per heavy atom. The van der Waals surface area contributed by atoms with Gasteiger partial charge in [0.15, 0.2) is 0 Å². The van der Waals surface area contributed by atoms with Gasteiger partial charge in [-0.15, -0.1) is 0 Å². The van der Waals surface area contributed by atoms with Crippen LogP contribution >= 0.6 is 0 Å². The predicted molar refractivity (Wildman–Crippen MR) is 231 cm³/mol. The van der Waals surface area contributed by atoms with Crippen LogP contribution in [0.3, 0.4) is 0 Å². The van der Waals surface area contributed by atoms with Crippen LogP contribution in [0.25, 0.3) is 77.7 Å². The summed E-state index contributed by atoms with van der Waals surface area (Å²) in [6, 6.07) is 55.9. The lowest BCUT2D eigenvalue weighted by molar-refractivity contribution is 0.204. The maximum absolute atomic E-state index is 6.79. The monoisotopic (exact) mass is 738 g/mol. The lowest BCUT2D eigenvalue weighted by atomic mass is 9.98. The van der Waals surface area contributed by atoms with Crippen molar-refractivity contribution in [3.05, 3.63) is 192 Å². The van der Waals surface area contributed by atoms with Gasteiger partial charge in [0.25, 0.3) is 0 Å². The van der Waals surface area contributed by atoms with Crippen molar-refractivity contribution in [2.75, 3.05) is 0 Å². The maximum atomic E-state index is 6.79. The van der Waals surface area contributed by atoms with E-state index in [9.17, 15) is 0 Å². The predicted octanol–water partition coefficient (Wildman–Crippen LogP) is 12.2. The first-order valence-electron chi connectivity index (χ1n) is 19.8. The Morgan fingerprint density at radius 1 is 0.526 bits per heavy atom. The molecule has 1 aliphatic carbocycles. The largest absolute Gasteiger partial charge is 0.456 e. The molecule has 0 amide bonds. The van der Waals surface area contributed by atoms with Crippen LogP contribution in [0.1, 0.15) is 52.9 Å². The molecule has 0 radical (unpaired) electrons. The highest BCUT2D eigenvalue weighted by atomic mass is 16.3. The summed E-state index contributed by atoms with van der Waals surface area (Å²) in [7, 11) is 0. The third-order valence-corrected chi connectivity index (χ3v) is 12.0. The average molecular weight is 739 g/mol. The fourth-order valence-electron chi connectivity index (χ4n) is 9.38. The van der Waals surface area contributed by atoms with Gasteiger partial charge in [0.05, 0.1) is 24.0 Å². The number of furan rings is 2. The van der Waals surface area contributed by atoms with E-state index in [0.717, 1.165) is 79.1 Å². The van der Waals surface area contributed by atoms with E-state index in [2.05, 4.69) is 190 Å². The number of rotatable bonds is 5. The summed E-state index contributed by atoms with van der Waals surface area (Å²) in [5.74, 6) is 0. The number of fused-ring (bicyclic) bond motifs is 9. The van der Waals surface area contributed by atoms with Gasteiger partial charge in [0.1, 0.15) is 22.3 Å². The molecule has 57 heavy (non-hydrogen) atoms. The first-order chi connectivity index (χ1) is 28.2. The van der Waals surface area contributed by atoms with E-state index in [-0.39, 0.29) is 18.5 Å². The summed E-state index contributed by atoms with van der Waals surface area (Å²) in [5.41, 5.74) is 14.2. The molecule has 4 heterocycles. The second-order valence-electron chi connectivity index (χ2n) is 15.3. The summed E-state index contributed by atoms with van der Waals surface area (Å²) in [4.78, 5) is 0. The van der Waals surface area contributed by atoms with Crippen molar-refractivity contribution in [1.82, 2.24) is 20.5 Å². The van der Waals surface area contributed by atoms with Crippen LogP contribution in [-0.2, 0) is 6.42 Å². The number of allylic oxidation sites excluding steroid dienone is 1. The number of benzene rings is 7. The zero-order chi connectivity index (χ0) is 37.5. The summed E-state index contributed by atoms with van der Waals surface area (Å²) in [5, 5.41) is 17.2. The number of hydrogen-bond donors (Lipinski definition) is 3. The molecule has 0 saturated carbocycles. The van der Waals surface area contributed by atoms with Crippen molar-refractivity contribution in [2.24, 2.45) is 0 Å². The van der Waals surface area contributed by atoms with E-state index in [4.69, 9.17) is 8.83 Å². The average Bonchev–Trinajstić information content (AvgIpc) is 3.96. The van der Waals surface area contributed by atoms with Gasteiger partial charge in [-0.25, -0.2) is 0 Å². The standard InChI is InChI=1S/C51H38N4O2/c1-3-13-31(14-4-1)49-52-50(32-15-5-2-6-16-32)54-51(53-49)40-21-12-24-45-47(40)39-20-11-19-35(48(39)57-45)33-25-27-38-41-30-34(26-28-44(41)56-46(38)29-33)55-42-22-9-7-17-36(42)37-18-8-10-23-43(37)55/h1-9,11-22,24-30,49-54H,10,23H2. The number of nitrogens with zero attached hydrogens (tertiary/aromatic N) is 1. The summed E-state index contributed by atoms with van der Waals surface area (Å²) in [6.07, 6.45) is 6.37. The van der Waals surface area contributed by atoms with E-state index in [0.29, 0.717) is 0 Å². The molecular formula is C51H38N4O2. The second kappa shape index (κ2) is 12.9. The summed E-state index contributed by atoms with van der Waals surface area (Å²) >= 11 is 0. The molecule has 2 unspecified atom stereocenters. The maximum Gasteiger partial charge on any atom is 0.143 e. The minimum absolute atomic E-state index is 0.0663. The topological polar surface area (TPSA) is 67.3 Å². The zero-order valence-electron chi connectivity index (χ0n) is 31.1. The Morgan fingerprint density at radius 2 is 1.26 bits per heavy atom. The molecule has 274 valence electrons. The van der Waals surface area contributed by atoms with Gasteiger partial charge >= 0.3 is 0 Å². The molecule has 2 aliphatic rings. The van der Waals surface area contributed by atoms with Gasteiger partial charge in [0.2, 0.25) is 0 Å². The van der Waals surface area contributed by atoms with E-state index in [1.807, 2.05) is 0 Å². The van der Waals surface area contributed by atoms with Crippen LogP contribution in [0.15, 0.2) is 173 Å². The highest BCUT2D eigenvalue weighted by Gasteiger charge is 2.31. The molecule has 3 N–H and O–H groups in total. The van der Waals surface area contributed by atoms with Gasteiger partial charge in [-0.1, -0.05) is 127 Å². The Bertz CT molecular complexity index is 3140. The van der Waals surface area contributed by atoms with E-state index >= 15 is 0 Å². The molecule has 3 aromatic heterocycles. The molecule has 6 nitrogen and oxygen atoms in total. The van der Waals surface area contributed by atoms with Gasteiger partial charge in [-0.2, -0.15) is 0 Å². The summed E-state index contributed by atoms with van der Waals surface area (Å²) < 4.78 is 15.8. The molecule has 12 rings (SSSR count). The van der Waals surface area contributed by atoms with Crippen molar-refractivity contribution in [1.29, 1.82) is 0 Å². The van der Waals surface area contributed by atoms with Crippen molar-refractivity contribution in [3.8, 4) is 16.8 Å². The number of hydrogen-bond acceptors (Lipinski definition) is 5. The lowest BCUT2D eigenvalue weighted by Crippen LogP contribution is -2.54. The van der Waals surface area contributed by atoms with E-state index < -0.39 is 0 Å². The summed E-state index contributed by atoms with van der Waals surface area (Å²) in [6.45, 7) is 0. The van der Waals surface area contributed by atoms with Crippen LogP contribution < -0.4 is 16.0 Å².